The number of fused-ring (bicyclic) bond motifs is 6. The largest absolute Gasteiger partial charge is 0.310 e. The van der Waals surface area contributed by atoms with Crippen molar-refractivity contribution in [2.75, 3.05) is 9.80 Å². The molecule has 0 aliphatic carbocycles. The van der Waals surface area contributed by atoms with E-state index in [0.717, 1.165) is 122 Å². The first-order chi connectivity index (χ1) is 38.5. The number of anilines is 6. The molecule has 370 valence electrons. The Morgan fingerprint density at radius 2 is 0.487 bits per heavy atom. The first kappa shape index (κ1) is 46.2. The second kappa shape index (κ2) is 19.4. The van der Waals surface area contributed by atoms with Gasteiger partial charge in [-0.25, -0.2) is 8.78 Å². The van der Waals surface area contributed by atoms with E-state index in [1.54, 1.807) is 0 Å². The minimum atomic E-state index is -0.261. The van der Waals surface area contributed by atoms with Crippen LogP contribution in [-0.4, -0.2) is 9.13 Å². The summed E-state index contributed by atoms with van der Waals surface area (Å²) in [6.45, 7) is 0. The summed E-state index contributed by atoms with van der Waals surface area (Å²) in [7, 11) is 0. The molecule has 0 N–H and O–H groups in total. The van der Waals surface area contributed by atoms with Crippen molar-refractivity contribution in [1.82, 2.24) is 9.13 Å². The van der Waals surface area contributed by atoms with Crippen LogP contribution >= 0.6 is 0 Å². The molecule has 0 radical (unpaired) electrons. The summed E-state index contributed by atoms with van der Waals surface area (Å²) in [6, 6.07) is 99.7. The topological polar surface area (TPSA) is 16.3 Å². The zero-order chi connectivity index (χ0) is 52.1. The van der Waals surface area contributed by atoms with Crippen LogP contribution in [-0.2, 0) is 0 Å². The van der Waals surface area contributed by atoms with E-state index in [9.17, 15) is 8.78 Å². The van der Waals surface area contributed by atoms with E-state index in [1.807, 2.05) is 36.4 Å². The second-order valence-electron chi connectivity index (χ2n) is 19.7. The number of benzene rings is 12. The lowest BCUT2D eigenvalue weighted by molar-refractivity contribution is 0.627. The molecule has 78 heavy (non-hydrogen) atoms. The van der Waals surface area contributed by atoms with Gasteiger partial charge in [-0.3, -0.25) is 0 Å². The van der Waals surface area contributed by atoms with Crippen molar-refractivity contribution in [3.8, 4) is 44.8 Å². The normalized spacial score (nSPS) is 11.5. The Kier molecular flexibility index (Phi) is 11.5. The highest BCUT2D eigenvalue weighted by Crippen LogP contribution is 2.43. The van der Waals surface area contributed by atoms with Crippen LogP contribution in [0, 0.1) is 11.6 Å². The van der Waals surface area contributed by atoms with Gasteiger partial charge in [0.05, 0.1) is 22.1 Å². The number of halogens is 2. The lowest BCUT2D eigenvalue weighted by Crippen LogP contribution is -2.10. The first-order valence-corrected chi connectivity index (χ1v) is 26.2. The van der Waals surface area contributed by atoms with Gasteiger partial charge in [0.1, 0.15) is 11.6 Å². The molecule has 0 bridgehead atoms. The minimum Gasteiger partial charge on any atom is -0.310 e. The van der Waals surface area contributed by atoms with Gasteiger partial charge in [-0.1, -0.05) is 146 Å². The fourth-order valence-electron chi connectivity index (χ4n) is 11.3. The lowest BCUT2D eigenvalue weighted by atomic mass is 10.0. The summed E-state index contributed by atoms with van der Waals surface area (Å²) in [5.74, 6) is -0.523. The molecule has 0 saturated carbocycles. The predicted octanol–water partition coefficient (Wildman–Crippen LogP) is 20.1. The predicted molar refractivity (Wildman–Crippen MR) is 321 cm³/mol. The van der Waals surface area contributed by atoms with E-state index < -0.39 is 0 Å². The Labute approximate surface area is 450 Å². The summed E-state index contributed by atoms with van der Waals surface area (Å²) in [5, 5.41) is 4.45. The Morgan fingerprint density at radius 1 is 0.218 bits per heavy atom. The monoisotopic (exact) mass is 1010 g/mol. The molecule has 0 saturated heterocycles. The molecule has 12 aromatic carbocycles. The van der Waals surface area contributed by atoms with E-state index in [4.69, 9.17) is 0 Å². The highest BCUT2D eigenvalue weighted by Gasteiger charge is 2.21. The molecule has 0 amide bonds. The molecular weight excluding hydrogens is 959 g/mol. The molecule has 0 fully saturated rings. The zero-order valence-corrected chi connectivity index (χ0v) is 42.3. The maximum Gasteiger partial charge on any atom is 0.123 e. The summed E-state index contributed by atoms with van der Waals surface area (Å²) in [6.07, 6.45) is 0. The van der Waals surface area contributed by atoms with Crippen molar-refractivity contribution >= 4 is 77.7 Å². The Bertz CT molecular complexity index is 4160. The van der Waals surface area contributed by atoms with Crippen molar-refractivity contribution in [2.45, 2.75) is 0 Å². The van der Waals surface area contributed by atoms with E-state index in [-0.39, 0.29) is 11.6 Å². The van der Waals surface area contributed by atoms with Crippen LogP contribution in [0.3, 0.4) is 0 Å². The van der Waals surface area contributed by atoms with Crippen LogP contribution in [0.1, 0.15) is 0 Å². The van der Waals surface area contributed by atoms with Crippen molar-refractivity contribution in [1.29, 1.82) is 0 Å². The van der Waals surface area contributed by atoms with E-state index in [2.05, 4.69) is 249 Å². The Balaban J connectivity index is 0.841. The summed E-state index contributed by atoms with van der Waals surface area (Å²) >= 11 is 0. The van der Waals surface area contributed by atoms with Crippen LogP contribution in [0.2, 0.25) is 0 Å². The summed E-state index contributed by atoms with van der Waals surface area (Å²) in [4.78, 5) is 4.64. The molecule has 14 aromatic rings. The lowest BCUT2D eigenvalue weighted by Gasteiger charge is -2.27. The molecule has 2 heterocycles. The molecule has 0 aliphatic heterocycles. The Morgan fingerprint density at radius 3 is 0.821 bits per heavy atom. The van der Waals surface area contributed by atoms with Crippen LogP contribution in [0.4, 0.5) is 42.9 Å². The van der Waals surface area contributed by atoms with E-state index in [0.29, 0.717) is 0 Å². The number of nitrogens with zero attached hydrogens (tertiary/aromatic N) is 4. The molecule has 4 nitrogen and oxygen atoms in total. The minimum absolute atomic E-state index is 0.261. The standard InChI is InChI=1S/C72H48F2N4/c73-55-27-39-61(40-28-55)77-69-17-9-7-15-65(69)67-47-63(43-45-71(67)77)75(57-31-19-51(20-32-57)49-11-3-1-4-12-49)59-35-23-53(24-36-59)54-25-37-60(38-26-54)76(58-33-21-52(22-34-58)50-13-5-2-6-14-50)64-44-46-72-68(48-64)66-16-8-10-18-70(66)78(72)62-41-29-56(74)30-42-62/h1-48H. The maximum absolute atomic E-state index is 14.2. The van der Waals surface area contributed by atoms with Crippen molar-refractivity contribution < 1.29 is 8.78 Å². The van der Waals surface area contributed by atoms with Crippen LogP contribution in [0.25, 0.3) is 88.4 Å². The van der Waals surface area contributed by atoms with Gasteiger partial charge in [0.25, 0.3) is 0 Å². The third-order valence-electron chi connectivity index (χ3n) is 15.0. The Hall–Kier alpha value is -10.3. The number of aromatic nitrogens is 2. The highest BCUT2D eigenvalue weighted by molar-refractivity contribution is 6.12. The molecular formula is C72H48F2N4. The number of hydrogen-bond acceptors (Lipinski definition) is 2. The number of rotatable bonds is 11. The molecule has 0 spiro atoms. The van der Waals surface area contributed by atoms with Crippen molar-refractivity contribution in [3.05, 3.63) is 303 Å². The summed E-state index contributed by atoms with van der Waals surface area (Å²) in [5.41, 5.74) is 19.0. The van der Waals surface area contributed by atoms with E-state index in [1.165, 1.54) is 24.3 Å². The van der Waals surface area contributed by atoms with Crippen molar-refractivity contribution in [2.24, 2.45) is 0 Å². The van der Waals surface area contributed by atoms with Gasteiger partial charge in [-0.15, -0.1) is 0 Å². The smallest absolute Gasteiger partial charge is 0.123 e. The second-order valence-corrected chi connectivity index (χ2v) is 19.7. The van der Waals surface area contributed by atoms with Crippen LogP contribution in [0.15, 0.2) is 291 Å². The third kappa shape index (κ3) is 8.33. The highest BCUT2D eigenvalue weighted by atomic mass is 19.1. The zero-order valence-electron chi connectivity index (χ0n) is 42.3. The SMILES string of the molecule is Fc1ccc(-n2c3ccccc3c3cc(N(c4ccc(-c5ccccc5)cc4)c4ccc(-c5ccc(N(c6ccc(-c7ccccc7)cc6)c6ccc7c(c6)c6ccccc6n7-c6ccc(F)cc6)cc5)cc4)ccc32)cc1. The van der Waals surface area contributed by atoms with Gasteiger partial charge >= 0.3 is 0 Å². The number of para-hydroxylation sites is 2. The van der Waals surface area contributed by atoms with Crippen LogP contribution in [0.5, 0.6) is 0 Å². The van der Waals surface area contributed by atoms with Gasteiger partial charge < -0.3 is 18.9 Å². The van der Waals surface area contributed by atoms with Gasteiger partial charge in [-0.2, -0.15) is 0 Å². The van der Waals surface area contributed by atoms with E-state index >= 15 is 0 Å². The molecule has 14 rings (SSSR count). The third-order valence-corrected chi connectivity index (χ3v) is 15.0. The fourth-order valence-corrected chi connectivity index (χ4v) is 11.3. The molecule has 2 aromatic heterocycles. The molecule has 0 atom stereocenters. The van der Waals surface area contributed by atoms with Gasteiger partial charge in [0.2, 0.25) is 0 Å². The van der Waals surface area contributed by atoms with Gasteiger partial charge in [0, 0.05) is 67.0 Å². The summed E-state index contributed by atoms with van der Waals surface area (Å²) < 4.78 is 32.8. The van der Waals surface area contributed by atoms with Gasteiger partial charge in [0.15, 0.2) is 0 Å². The number of hydrogen-bond donors (Lipinski definition) is 0. The fraction of sp³-hybridized carbons (Fsp3) is 0. The first-order valence-electron chi connectivity index (χ1n) is 26.2. The van der Waals surface area contributed by atoms with Gasteiger partial charge in [-0.05, 0) is 179 Å². The average Bonchev–Trinajstić information content (AvgIpc) is 4.24. The maximum atomic E-state index is 14.2. The van der Waals surface area contributed by atoms with Crippen molar-refractivity contribution in [3.63, 3.8) is 0 Å². The quantitative estimate of drug-likeness (QED) is 0.128. The molecule has 0 unspecified atom stereocenters. The molecule has 0 aliphatic rings. The average molecular weight is 1010 g/mol. The molecule has 6 heteroatoms. The van der Waals surface area contributed by atoms with Crippen LogP contribution < -0.4 is 9.80 Å².